The normalized spacial score (nSPS) is 11.5. The Hall–Kier alpha value is -2.88. The van der Waals surface area contributed by atoms with Crippen LogP contribution in [-0.2, 0) is 0 Å². The van der Waals surface area contributed by atoms with Gasteiger partial charge in [0.15, 0.2) is 11.5 Å². The molecule has 1 aromatic heterocycles. The molecule has 3 aromatic rings. The van der Waals surface area contributed by atoms with Gasteiger partial charge in [0, 0.05) is 23.6 Å². The van der Waals surface area contributed by atoms with Crippen molar-refractivity contribution in [3.63, 3.8) is 0 Å². The number of benzene rings is 2. The second-order valence-corrected chi connectivity index (χ2v) is 4.27. The molecule has 20 heavy (non-hydrogen) atoms. The topological polar surface area (TPSA) is 50.4 Å². The second kappa shape index (κ2) is 5.40. The largest absolute Gasteiger partial charge is 0.410 e. The summed E-state index contributed by atoms with van der Waals surface area (Å²) in [4.78, 5) is 4.31. The zero-order chi connectivity index (χ0) is 13.8. The Morgan fingerprint density at radius 2 is 1.60 bits per heavy atom. The molecular formula is C16H13N3O. The van der Waals surface area contributed by atoms with Crippen LogP contribution in [-0.4, -0.2) is 20.5 Å². The van der Waals surface area contributed by atoms with Crippen LogP contribution in [0.4, 0.5) is 0 Å². The van der Waals surface area contributed by atoms with E-state index in [-0.39, 0.29) is 0 Å². The number of oxime groups is 1. The van der Waals surface area contributed by atoms with Crippen LogP contribution in [0.25, 0.3) is 5.69 Å². The van der Waals surface area contributed by atoms with Crippen molar-refractivity contribution in [3.8, 4) is 5.69 Å². The summed E-state index contributed by atoms with van der Waals surface area (Å²) in [6, 6.07) is 19.3. The molecule has 0 amide bonds. The van der Waals surface area contributed by atoms with Crippen LogP contribution in [0.5, 0.6) is 0 Å². The first-order chi connectivity index (χ1) is 9.90. The number of para-hydroxylation sites is 1. The van der Waals surface area contributed by atoms with Crippen LogP contribution in [0.15, 0.2) is 78.2 Å². The summed E-state index contributed by atoms with van der Waals surface area (Å²) in [5.41, 5.74) is 2.23. The molecule has 0 bridgehead atoms. The average Bonchev–Trinajstić information content (AvgIpc) is 2.99. The summed E-state index contributed by atoms with van der Waals surface area (Å²) in [5.74, 6) is 0.602. The average molecular weight is 263 g/mol. The zero-order valence-electron chi connectivity index (χ0n) is 10.7. The van der Waals surface area contributed by atoms with Crippen molar-refractivity contribution in [2.75, 3.05) is 0 Å². The molecule has 4 heteroatoms. The molecule has 0 radical (unpaired) electrons. The Kier molecular flexibility index (Phi) is 3.29. The highest BCUT2D eigenvalue weighted by molar-refractivity contribution is 6.10. The van der Waals surface area contributed by atoms with Crippen molar-refractivity contribution in [2.24, 2.45) is 5.16 Å². The van der Waals surface area contributed by atoms with E-state index in [1.165, 1.54) is 0 Å². The minimum atomic E-state index is 0.444. The van der Waals surface area contributed by atoms with Gasteiger partial charge in [-0.25, -0.2) is 4.98 Å². The summed E-state index contributed by atoms with van der Waals surface area (Å²) in [6.45, 7) is 0. The van der Waals surface area contributed by atoms with E-state index >= 15 is 0 Å². The van der Waals surface area contributed by atoms with Crippen LogP contribution < -0.4 is 0 Å². The molecule has 3 rings (SSSR count). The van der Waals surface area contributed by atoms with Crippen molar-refractivity contribution in [1.82, 2.24) is 9.55 Å². The van der Waals surface area contributed by atoms with Gasteiger partial charge >= 0.3 is 0 Å². The van der Waals surface area contributed by atoms with Gasteiger partial charge in [0.2, 0.25) is 0 Å². The van der Waals surface area contributed by atoms with Crippen LogP contribution in [0.2, 0.25) is 0 Å². The van der Waals surface area contributed by atoms with E-state index in [2.05, 4.69) is 10.1 Å². The van der Waals surface area contributed by atoms with Gasteiger partial charge in [-0.2, -0.15) is 0 Å². The molecule has 0 saturated carbocycles. The van der Waals surface area contributed by atoms with Gasteiger partial charge in [-0.1, -0.05) is 53.7 Å². The lowest BCUT2D eigenvalue weighted by Gasteiger charge is -2.09. The lowest BCUT2D eigenvalue weighted by Crippen LogP contribution is -2.11. The van der Waals surface area contributed by atoms with E-state index in [0.29, 0.717) is 11.5 Å². The Bertz CT molecular complexity index is 718. The fraction of sp³-hybridized carbons (Fsp3) is 0. The van der Waals surface area contributed by atoms with Gasteiger partial charge < -0.3 is 5.21 Å². The Labute approximate surface area is 116 Å². The van der Waals surface area contributed by atoms with E-state index in [1.54, 1.807) is 6.20 Å². The highest BCUT2D eigenvalue weighted by Gasteiger charge is 2.14. The lowest BCUT2D eigenvalue weighted by atomic mass is 10.1. The van der Waals surface area contributed by atoms with Gasteiger partial charge in [0.05, 0.1) is 0 Å². The quantitative estimate of drug-likeness (QED) is 0.448. The van der Waals surface area contributed by atoms with E-state index in [1.807, 2.05) is 71.4 Å². The van der Waals surface area contributed by atoms with Gasteiger partial charge in [-0.15, -0.1) is 0 Å². The molecule has 0 spiro atoms. The molecule has 0 saturated heterocycles. The maximum atomic E-state index is 9.36. The van der Waals surface area contributed by atoms with E-state index in [9.17, 15) is 5.21 Å². The molecule has 4 nitrogen and oxygen atoms in total. The highest BCUT2D eigenvalue weighted by atomic mass is 16.4. The van der Waals surface area contributed by atoms with Crippen molar-refractivity contribution >= 4 is 5.71 Å². The first-order valence-electron chi connectivity index (χ1n) is 6.27. The van der Waals surface area contributed by atoms with Crippen LogP contribution in [0, 0.1) is 0 Å². The molecule has 0 aliphatic rings. The van der Waals surface area contributed by atoms with Gasteiger partial charge in [-0.05, 0) is 12.1 Å². The van der Waals surface area contributed by atoms with Crippen LogP contribution >= 0.6 is 0 Å². The Morgan fingerprint density at radius 1 is 0.950 bits per heavy atom. The van der Waals surface area contributed by atoms with Crippen molar-refractivity contribution in [1.29, 1.82) is 0 Å². The van der Waals surface area contributed by atoms with Gasteiger partial charge in [-0.3, -0.25) is 4.57 Å². The molecule has 1 heterocycles. The van der Waals surface area contributed by atoms with Gasteiger partial charge in [0.1, 0.15) is 0 Å². The minimum absolute atomic E-state index is 0.444. The first kappa shape index (κ1) is 12.2. The van der Waals surface area contributed by atoms with Gasteiger partial charge in [0.25, 0.3) is 0 Å². The number of hydrogen-bond acceptors (Lipinski definition) is 3. The Morgan fingerprint density at radius 3 is 2.25 bits per heavy atom. The molecule has 1 N–H and O–H groups in total. The minimum Gasteiger partial charge on any atom is -0.410 e. The summed E-state index contributed by atoms with van der Waals surface area (Å²) >= 11 is 0. The molecular weight excluding hydrogens is 250 g/mol. The predicted molar refractivity (Wildman–Crippen MR) is 77.4 cm³/mol. The van der Waals surface area contributed by atoms with Crippen molar-refractivity contribution < 1.29 is 5.21 Å². The fourth-order valence-electron chi connectivity index (χ4n) is 2.10. The van der Waals surface area contributed by atoms with E-state index in [0.717, 1.165) is 11.3 Å². The SMILES string of the molecule is O/N=C(\c1ccccc1)c1nccn1-c1ccccc1. The number of rotatable bonds is 3. The monoisotopic (exact) mass is 263 g/mol. The van der Waals surface area contributed by atoms with Crippen molar-refractivity contribution in [2.45, 2.75) is 0 Å². The maximum Gasteiger partial charge on any atom is 0.167 e. The summed E-state index contributed by atoms with van der Waals surface area (Å²) < 4.78 is 1.89. The lowest BCUT2D eigenvalue weighted by molar-refractivity contribution is 0.319. The number of aromatic nitrogens is 2. The van der Waals surface area contributed by atoms with Crippen LogP contribution in [0.1, 0.15) is 11.4 Å². The Balaban J connectivity index is 2.10. The third kappa shape index (κ3) is 2.19. The molecule has 0 atom stereocenters. The molecule has 0 aliphatic carbocycles. The molecule has 0 aliphatic heterocycles. The maximum absolute atomic E-state index is 9.36. The fourth-order valence-corrected chi connectivity index (χ4v) is 2.10. The molecule has 0 fully saturated rings. The standard InChI is InChI=1S/C16H13N3O/c20-18-15(13-7-3-1-4-8-13)16-17-11-12-19(16)14-9-5-2-6-10-14/h1-12,20H/b18-15+. The summed E-state index contributed by atoms with van der Waals surface area (Å²) in [6.07, 6.45) is 3.54. The summed E-state index contributed by atoms with van der Waals surface area (Å²) in [7, 11) is 0. The molecule has 98 valence electrons. The second-order valence-electron chi connectivity index (χ2n) is 4.27. The summed E-state index contributed by atoms with van der Waals surface area (Å²) in [5, 5.41) is 12.8. The van der Waals surface area contributed by atoms with Crippen LogP contribution in [0.3, 0.4) is 0 Å². The van der Waals surface area contributed by atoms with E-state index < -0.39 is 0 Å². The molecule has 0 unspecified atom stereocenters. The smallest absolute Gasteiger partial charge is 0.167 e. The van der Waals surface area contributed by atoms with E-state index in [4.69, 9.17) is 0 Å². The molecule has 2 aromatic carbocycles. The highest BCUT2D eigenvalue weighted by Crippen LogP contribution is 2.14. The third-order valence-corrected chi connectivity index (χ3v) is 3.03. The zero-order valence-corrected chi connectivity index (χ0v) is 10.7. The van der Waals surface area contributed by atoms with Crippen molar-refractivity contribution in [3.05, 3.63) is 84.4 Å². The predicted octanol–water partition coefficient (Wildman–Crippen LogP) is 3.10. The number of hydrogen-bond donors (Lipinski definition) is 1. The third-order valence-electron chi connectivity index (χ3n) is 3.03. The number of imidazole rings is 1. The number of nitrogens with zero attached hydrogens (tertiary/aromatic N) is 3. The first-order valence-corrected chi connectivity index (χ1v) is 6.27.